The van der Waals surface area contributed by atoms with E-state index in [9.17, 15) is 4.79 Å². The molecule has 1 aromatic heterocycles. The van der Waals surface area contributed by atoms with Gasteiger partial charge < -0.3 is 19.5 Å². The molecule has 0 aliphatic carbocycles. The summed E-state index contributed by atoms with van der Waals surface area (Å²) in [6.45, 7) is 10.3. The zero-order valence-corrected chi connectivity index (χ0v) is 20.5. The molecule has 2 atom stereocenters. The highest BCUT2D eigenvalue weighted by molar-refractivity contribution is 6.31. The molecule has 2 aliphatic heterocycles. The Morgan fingerprint density at radius 1 is 1.27 bits per heavy atom. The number of nitrogens with one attached hydrogen (secondary N) is 1. The van der Waals surface area contributed by atoms with Crippen LogP contribution in [0.4, 0.5) is 5.69 Å². The number of unbranched alkanes of at least 4 members (excludes halogenated alkanes) is 1. The Hall–Kier alpha value is -2.76. The van der Waals surface area contributed by atoms with E-state index in [1.165, 1.54) is 0 Å². The number of anilines is 1. The maximum Gasteiger partial charge on any atom is 0.343 e. The summed E-state index contributed by atoms with van der Waals surface area (Å²) in [5, 5.41) is 5.05. The Labute approximate surface area is 200 Å². The van der Waals surface area contributed by atoms with Crippen LogP contribution < -0.4 is 15.8 Å². The molecule has 33 heavy (non-hydrogen) atoms. The topological polar surface area (TPSA) is 48.7 Å². The lowest BCUT2D eigenvalue weighted by atomic mass is 10.1. The van der Waals surface area contributed by atoms with Gasteiger partial charge in [-0.25, -0.2) is 4.79 Å². The number of piperazine rings is 1. The van der Waals surface area contributed by atoms with E-state index in [0.29, 0.717) is 28.3 Å². The molecule has 4 rings (SSSR count). The second-order valence-corrected chi connectivity index (χ2v) is 9.40. The number of hydrogen-bond donors (Lipinski definition) is 1. The van der Waals surface area contributed by atoms with Crippen LogP contribution in [0.15, 0.2) is 74.8 Å². The first kappa shape index (κ1) is 23.4. The number of rotatable bonds is 5. The van der Waals surface area contributed by atoms with E-state index < -0.39 is 0 Å². The SMILES string of the molecule is CCC/C=C1\C=CC(Cl)=CN1/C=C(\C)c1cc2ccc(N3C[C@H](C)NC[C@H]3C)cc2oc1=O. The molecule has 1 N–H and O–H groups in total. The maximum absolute atomic E-state index is 12.9. The maximum atomic E-state index is 12.9. The Morgan fingerprint density at radius 2 is 2.09 bits per heavy atom. The van der Waals surface area contributed by atoms with Gasteiger partial charge in [-0.15, -0.1) is 0 Å². The van der Waals surface area contributed by atoms with Crippen LogP contribution in [0.3, 0.4) is 0 Å². The molecule has 0 amide bonds. The van der Waals surface area contributed by atoms with Gasteiger partial charge >= 0.3 is 5.63 Å². The van der Waals surface area contributed by atoms with Crippen molar-refractivity contribution in [2.45, 2.75) is 52.6 Å². The predicted octanol–water partition coefficient (Wildman–Crippen LogP) is 5.98. The molecule has 174 valence electrons. The Bertz CT molecular complexity index is 1210. The molecular formula is C27H32ClN3O2. The monoisotopic (exact) mass is 465 g/mol. The van der Waals surface area contributed by atoms with Gasteiger partial charge in [0.2, 0.25) is 0 Å². The summed E-state index contributed by atoms with van der Waals surface area (Å²) in [7, 11) is 0. The molecule has 0 bridgehead atoms. The number of hydrogen-bond acceptors (Lipinski definition) is 5. The predicted molar refractivity (Wildman–Crippen MR) is 138 cm³/mol. The largest absolute Gasteiger partial charge is 0.422 e. The van der Waals surface area contributed by atoms with Crippen LogP contribution in [0.25, 0.3) is 16.5 Å². The summed E-state index contributed by atoms with van der Waals surface area (Å²) in [5.41, 5.74) is 3.76. The van der Waals surface area contributed by atoms with E-state index in [0.717, 1.165) is 48.3 Å². The van der Waals surface area contributed by atoms with Crippen molar-refractivity contribution in [2.24, 2.45) is 0 Å². The molecule has 0 radical (unpaired) electrons. The van der Waals surface area contributed by atoms with Gasteiger partial charge in [0.05, 0.1) is 10.6 Å². The third-order valence-corrected chi connectivity index (χ3v) is 6.41. The molecule has 2 aliphatic rings. The summed E-state index contributed by atoms with van der Waals surface area (Å²) in [4.78, 5) is 17.2. The van der Waals surface area contributed by atoms with Crippen molar-refractivity contribution in [3.8, 4) is 0 Å². The second kappa shape index (κ2) is 10.0. The fraction of sp³-hybridized carbons (Fsp3) is 0.370. The first-order valence-electron chi connectivity index (χ1n) is 11.7. The molecule has 5 nitrogen and oxygen atoms in total. The molecule has 6 heteroatoms. The minimum Gasteiger partial charge on any atom is -0.422 e. The van der Waals surface area contributed by atoms with Crippen LogP contribution in [-0.2, 0) is 0 Å². The average Bonchev–Trinajstić information content (AvgIpc) is 2.79. The normalized spacial score (nSPS) is 22.9. The van der Waals surface area contributed by atoms with Crippen LogP contribution in [0.2, 0.25) is 0 Å². The molecule has 2 aromatic rings. The van der Waals surface area contributed by atoms with Crippen LogP contribution in [-0.4, -0.2) is 30.1 Å². The van der Waals surface area contributed by atoms with E-state index in [1.54, 1.807) is 0 Å². The van der Waals surface area contributed by atoms with Gasteiger partial charge in [-0.1, -0.05) is 31.0 Å². The van der Waals surface area contributed by atoms with Crippen molar-refractivity contribution in [3.05, 3.63) is 81.6 Å². The quantitative estimate of drug-likeness (QED) is 0.550. The molecule has 1 fully saturated rings. The van der Waals surface area contributed by atoms with Crippen molar-refractivity contribution < 1.29 is 4.42 Å². The van der Waals surface area contributed by atoms with Gasteiger partial charge in [-0.2, -0.15) is 0 Å². The van der Waals surface area contributed by atoms with Crippen molar-refractivity contribution in [3.63, 3.8) is 0 Å². The molecule has 1 aromatic carbocycles. The van der Waals surface area contributed by atoms with Crippen LogP contribution in [0.5, 0.6) is 0 Å². The summed E-state index contributed by atoms with van der Waals surface area (Å²) >= 11 is 6.24. The standard InChI is InChI=1S/C27H32ClN3O2/c1-5-6-7-23-11-9-22(28)17-30(23)15-18(2)25-12-21-8-10-24(13-26(21)33-27(25)32)31-16-19(3)29-14-20(31)4/h7-13,15,17,19-20,29H,5-6,14,16H2,1-4H3/b18-15+,23-7+/t19-,20+/m0/s1. The lowest BCUT2D eigenvalue weighted by Gasteiger charge is -2.39. The van der Waals surface area contributed by atoms with Crippen LogP contribution in [0, 0.1) is 0 Å². The highest BCUT2D eigenvalue weighted by atomic mass is 35.5. The van der Waals surface area contributed by atoms with E-state index in [-0.39, 0.29) is 5.63 Å². The molecule has 0 spiro atoms. The highest BCUT2D eigenvalue weighted by Gasteiger charge is 2.23. The lowest BCUT2D eigenvalue weighted by Crippen LogP contribution is -2.54. The number of fused-ring (bicyclic) bond motifs is 1. The van der Waals surface area contributed by atoms with Crippen LogP contribution >= 0.6 is 11.6 Å². The van der Waals surface area contributed by atoms with E-state index >= 15 is 0 Å². The lowest BCUT2D eigenvalue weighted by molar-refractivity contribution is 0.425. The van der Waals surface area contributed by atoms with Gasteiger partial charge in [0.15, 0.2) is 0 Å². The Balaban J connectivity index is 1.66. The third kappa shape index (κ3) is 5.26. The zero-order valence-electron chi connectivity index (χ0n) is 19.8. The van der Waals surface area contributed by atoms with E-state index in [2.05, 4.69) is 43.1 Å². The number of nitrogens with zero attached hydrogens (tertiary/aromatic N) is 2. The van der Waals surface area contributed by atoms with Gasteiger partial charge in [-0.3, -0.25) is 0 Å². The average molecular weight is 466 g/mol. The summed E-state index contributed by atoms with van der Waals surface area (Å²) in [6, 6.07) is 8.85. The van der Waals surface area contributed by atoms with Gasteiger partial charge in [0, 0.05) is 60.4 Å². The molecule has 3 heterocycles. The first-order chi connectivity index (χ1) is 15.9. The highest BCUT2D eigenvalue weighted by Crippen LogP contribution is 2.27. The summed E-state index contributed by atoms with van der Waals surface area (Å²) in [6.07, 6.45) is 11.9. The number of benzene rings is 1. The molecule has 1 saturated heterocycles. The van der Waals surface area contributed by atoms with Crippen molar-refractivity contribution in [1.29, 1.82) is 0 Å². The minimum atomic E-state index is -0.336. The number of allylic oxidation sites excluding steroid dienone is 5. The van der Waals surface area contributed by atoms with Crippen molar-refractivity contribution >= 4 is 33.8 Å². The van der Waals surface area contributed by atoms with Gasteiger partial charge in [0.25, 0.3) is 0 Å². The molecular weight excluding hydrogens is 434 g/mol. The smallest absolute Gasteiger partial charge is 0.343 e. The minimum absolute atomic E-state index is 0.336. The van der Waals surface area contributed by atoms with E-state index in [1.807, 2.05) is 54.6 Å². The Morgan fingerprint density at radius 3 is 2.88 bits per heavy atom. The van der Waals surface area contributed by atoms with Crippen LogP contribution in [0.1, 0.15) is 46.1 Å². The van der Waals surface area contributed by atoms with Crippen molar-refractivity contribution in [2.75, 3.05) is 18.0 Å². The molecule has 0 saturated carbocycles. The fourth-order valence-corrected chi connectivity index (χ4v) is 4.46. The van der Waals surface area contributed by atoms with Gasteiger partial charge in [-0.05, 0) is 63.1 Å². The van der Waals surface area contributed by atoms with Crippen molar-refractivity contribution in [1.82, 2.24) is 10.2 Å². The number of halogens is 1. The first-order valence-corrected chi connectivity index (χ1v) is 12.0. The zero-order chi connectivity index (χ0) is 23.5. The second-order valence-electron chi connectivity index (χ2n) is 8.96. The van der Waals surface area contributed by atoms with Gasteiger partial charge in [0.1, 0.15) is 5.58 Å². The summed E-state index contributed by atoms with van der Waals surface area (Å²) < 4.78 is 5.78. The summed E-state index contributed by atoms with van der Waals surface area (Å²) in [5.74, 6) is 0. The molecule has 0 unspecified atom stereocenters. The van der Waals surface area contributed by atoms with E-state index in [4.69, 9.17) is 16.0 Å². The fourth-order valence-electron chi connectivity index (χ4n) is 4.29. The Kier molecular flexibility index (Phi) is 7.11. The third-order valence-electron chi connectivity index (χ3n) is 6.19.